The molecule has 2 aromatic rings. The highest BCUT2D eigenvalue weighted by molar-refractivity contribution is 6.45. The molecule has 0 radical (unpaired) electrons. The topological polar surface area (TPSA) is 76.1 Å². The number of imide groups is 1. The zero-order chi connectivity index (χ0) is 20.3. The number of carbonyl (C=O) groups excluding carboxylic acids is 2. The SMILES string of the molecule is CCOc1ccccc1N1C(=O)C(O)=C(c2ccc(OCC(C)C)cc2)C1=O. The summed E-state index contributed by atoms with van der Waals surface area (Å²) in [5.74, 6) is -0.490. The van der Waals surface area contributed by atoms with Crippen molar-refractivity contribution in [3.8, 4) is 11.5 Å². The summed E-state index contributed by atoms with van der Waals surface area (Å²) in [4.78, 5) is 26.5. The molecule has 1 aliphatic rings. The van der Waals surface area contributed by atoms with E-state index in [-0.39, 0.29) is 5.57 Å². The van der Waals surface area contributed by atoms with Gasteiger partial charge in [0.2, 0.25) is 0 Å². The van der Waals surface area contributed by atoms with Crippen LogP contribution in [0.3, 0.4) is 0 Å². The van der Waals surface area contributed by atoms with Crippen LogP contribution in [0.15, 0.2) is 54.3 Å². The Morgan fingerprint density at radius 1 is 0.964 bits per heavy atom. The highest BCUT2D eigenvalue weighted by Gasteiger charge is 2.41. The van der Waals surface area contributed by atoms with E-state index >= 15 is 0 Å². The molecule has 146 valence electrons. The van der Waals surface area contributed by atoms with E-state index in [9.17, 15) is 14.7 Å². The predicted molar refractivity (Wildman–Crippen MR) is 106 cm³/mol. The van der Waals surface area contributed by atoms with Gasteiger partial charge in [-0.1, -0.05) is 38.1 Å². The molecule has 0 unspecified atom stereocenters. The fraction of sp³-hybridized carbons (Fsp3) is 0.273. The van der Waals surface area contributed by atoms with Crippen molar-refractivity contribution in [2.45, 2.75) is 20.8 Å². The second kappa shape index (κ2) is 8.17. The Balaban J connectivity index is 1.90. The quantitative estimate of drug-likeness (QED) is 0.735. The Kier molecular flexibility index (Phi) is 5.68. The fourth-order valence-corrected chi connectivity index (χ4v) is 2.90. The number of nitrogens with zero attached hydrogens (tertiary/aromatic N) is 1. The van der Waals surface area contributed by atoms with E-state index in [4.69, 9.17) is 9.47 Å². The summed E-state index contributed by atoms with van der Waals surface area (Å²) in [6.45, 7) is 6.88. The van der Waals surface area contributed by atoms with Crippen molar-refractivity contribution in [3.63, 3.8) is 0 Å². The monoisotopic (exact) mass is 381 g/mol. The van der Waals surface area contributed by atoms with Crippen LogP contribution < -0.4 is 14.4 Å². The van der Waals surface area contributed by atoms with Crippen molar-refractivity contribution in [2.75, 3.05) is 18.1 Å². The lowest BCUT2D eigenvalue weighted by atomic mass is 10.1. The molecule has 2 aromatic carbocycles. The maximum absolute atomic E-state index is 13.0. The third kappa shape index (κ3) is 3.71. The number of hydrogen-bond donors (Lipinski definition) is 1. The van der Waals surface area contributed by atoms with E-state index in [1.807, 2.05) is 6.92 Å². The standard InChI is InChI=1S/C22H23NO5/c1-4-27-18-8-6-5-7-17(18)23-21(25)19(20(24)22(23)26)15-9-11-16(12-10-15)28-13-14(2)3/h5-12,14,24H,4,13H2,1-3H3. The maximum Gasteiger partial charge on any atom is 0.301 e. The summed E-state index contributed by atoms with van der Waals surface area (Å²) in [5.41, 5.74) is 0.716. The summed E-state index contributed by atoms with van der Waals surface area (Å²) in [7, 11) is 0. The van der Waals surface area contributed by atoms with Crippen molar-refractivity contribution >= 4 is 23.1 Å². The van der Waals surface area contributed by atoms with Crippen LogP contribution in [0.25, 0.3) is 5.57 Å². The minimum Gasteiger partial charge on any atom is -0.502 e. The molecule has 1 N–H and O–H groups in total. The zero-order valence-electron chi connectivity index (χ0n) is 16.1. The summed E-state index contributed by atoms with van der Waals surface area (Å²) in [5, 5.41) is 10.4. The van der Waals surface area contributed by atoms with E-state index in [0.29, 0.717) is 41.9 Å². The zero-order valence-corrected chi connectivity index (χ0v) is 16.1. The molecule has 1 aliphatic heterocycles. The van der Waals surface area contributed by atoms with Gasteiger partial charge in [0.25, 0.3) is 5.91 Å². The molecule has 0 saturated carbocycles. The first-order chi connectivity index (χ1) is 13.4. The van der Waals surface area contributed by atoms with Crippen LogP contribution >= 0.6 is 0 Å². The second-order valence-electron chi connectivity index (χ2n) is 6.80. The van der Waals surface area contributed by atoms with Gasteiger partial charge >= 0.3 is 5.91 Å². The largest absolute Gasteiger partial charge is 0.502 e. The van der Waals surface area contributed by atoms with Gasteiger partial charge in [0.15, 0.2) is 5.76 Å². The van der Waals surface area contributed by atoms with Crippen molar-refractivity contribution in [1.29, 1.82) is 0 Å². The molecule has 3 rings (SSSR count). The number of ether oxygens (including phenoxy) is 2. The van der Waals surface area contributed by atoms with E-state index < -0.39 is 17.6 Å². The normalized spacial score (nSPS) is 14.2. The number of carbonyl (C=O) groups is 2. The summed E-state index contributed by atoms with van der Waals surface area (Å²) in [6, 6.07) is 13.5. The molecule has 1 heterocycles. The number of amides is 2. The van der Waals surface area contributed by atoms with Crippen LogP contribution in [0.4, 0.5) is 5.69 Å². The van der Waals surface area contributed by atoms with E-state index in [1.54, 1.807) is 48.5 Å². The Morgan fingerprint density at radius 2 is 1.64 bits per heavy atom. The van der Waals surface area contributed by atoms with Gasteiger partial charge in [0.1, 0.15) is 11.5 Å². The first-order valence-electron chi connectivity index (χ1n) is 9.21. The van der Waals surface area contributed by atoms with Gasteiger partial charge in [-0.25, -0.2) is 4.90 Å². The first-order valence-corrected chi connectivity index (χ1v) is 9.21. The van der Waals surface area contributed by atoms with Crippen molar-refractivity contribution in [2.24, 2.45) is 5.92 Å². The summed E-state index contributed by atoms with van der Waals surface area (Å²) < 4.78 is 11.2. The average Bonchev–Trinajstić information content (AvgIpc) is 2.90. The van der Waals surface area contributed by atoms with E-state index in [2.05, 4.69) is 13.8 Å². The predicted octanol–water partition coefficient (Wildman–Crippen LogP) is 3.96. The van der Waals surface area contributed by atoms with Crippen molar-refractivity contribution < 1.29 is 24.2 Å². The third-order valence-electron chi connectivity index (χ3n) is 4.19. The Bertz CT molecular complexity index is 915. The summed E-state index contributed by atoms with van der Waals surface area (Å²) in [6.07, 6.45) is 0. The molecule has 0 aliphatic carbocycles. The summed E-state index contributed by atoms with van der Waals surface area (Å²) >= 11 is 0. The van der Waals surface area contributed by atoms with Crippen LogP contribution in [-0.2, 0) is 9.59 Å². The molecule has 6 nitrogen and oxygen atoms in total. The molecule has 28 heavy (non-hydrogen) atoms. The van der Waals surface area contributed by atoms with Gasteiger partial charge in [-0.3, -0.25) is 9.59 Å². The molecular formula is C22H23NO5. The Morgan fingerprint density at radius 3 is 2.29 bits per heavy atom. The molecule has 0 aromatic heterocycles. The van der Waals surface area contributed by atoms with Crippen LogP contribution in [0.5, 0.6) is 11.5 Å². The van der Waals surface area contributed by atoms with Gasteiger partial charge in [-0.05, 0) is 42.7 Å². The number of aliphatic hydroxyl groups is 1. The van der Waals surface area contributed by atoms with Gasteiger partial charge < -0.3 is 14.6 Å². The lowest BCUT2D eigenvalue weighted by Crippen LogP contribution is -2.32. The minimum absolute atomic E-state index is 0.0355. The second-order valence-corrected chi connectivity index (χ2v) is 6.80. The first kappa shape index (κ1) is 19.5. The molecule has 0 fully saturated rings. The highest BCUT2D eigenvalue weighted by Crippen LogP contribution is 2.37. The van der Waals surface area contributed by atoms with E-state index in [0.717, 1.165) is 4.90 Å². The number of anilines is 1. The molecule has 0 spiro atoms. The molecule has 6 heteroatoms. The smallest absolute Gasteiger partial charge is 0.301 e. The molecule has 0 bridgehead atoms. The van der Waals surface area contributed by atoms with Gasteiger partial charge in [0.05, 0.1) is 24.5 Å². The third-order valence-corrected chi connectivity index (χ3v) is 4.19. The van der Waals surface area contributed by atoms with Crippen LogP contribution in [0, 0.1) is 5.92 Å². The Hall–Kier alpha value is -3.28. The molecule has 0 atom stereocenters. The molecule has 2 amide bonds. The lowest BCUT2D eigenvalue weighted by molar-refractivity contribution is -0.121. The minimum atomic E-state index is -0.771. The van der Waals surface area contributed by atoms with Gasteiger partial charge in [-0.2, -0.15) is 0 Å². The number of hydrogen-bond acceptors (Lipinski definition) is 5. The lowest BCUT2D eigenvalue weighted by Gasteiger charge is -2.18. The van der Waals surface area contributed by atoms with Crippen molar-refractivity contribution in [1.82, 2.24) is 0 Å². The van der Waals surface area contributed by atoms with Crippen molar-refractivity contribution in [3.05, 3.63) is 59.9 Å². The average molecular weight is 381 g/mol. The molecule has 0 saturated heterocycles. The molecular weight excluding hydrogens is 358 g/mol. The fourth-order valence-electron chi connectivity index (χ4n) is 2.90. The Labute approximate surface area is 164 Å². The highest BCUT2D eigenvalue weighted by atomic mass is 16.5. The van der Waals surface area contributed by atoms with E-state index in [1.165, 1.54) is 0 Å². The number of aliphatic hydroxyl groups excluding tert-OH is 1. The van der Waals surface area contributed by atoms with Crippen LogP contribution in [0.1, 0.15) is 26.3 Å². The van der Waals surface area contributed by atoms with Crippen LogP contribution in [0.2, 0.25) is 0 Å². The maximum atomic E-state index is 13.0. The number of para-hydroxylation sites is 2. The van der Waals surface area contributed by atoms with Gasteiger partial charge in [-0.15, -0.1) is 0 Å². The number of rotatable bonds is 7. The van der Waals surface area contributed by atoms with Gasteiger partial charge in [0, 0.05) is 0 Å². The number of benzene rings is 2. The van der Waals surface area contributed by atoms with Crippen LogP contribution in [-0.4, -0.2) is 30.1 Å².